The van der Waals surface area contributed by atoms with Crippen molar-refractivity contribution in [1.29, 1.82) is 0 Å². The molecule has 0 aliphatic heterocycles. The van der Waals surface area contributed by atoms with Crippen LogP contribution in [0.2, 0.25) is 0 Å². The SMILES string of the molecule is COCCN(CCCN)CCc1ccnn1C. The summed E-state index contributed by atoms with van der Waals surface area (Å²) in [5, 5.41) is 4.17. The molecule has 0 saturated heterocycles. The first-order valence-corrected chi connectivity index (χ1v) is 6.16. The first kappa shape index (κ1) is 14.2. The molecule has 1 aromatic rings. The standard InChI is InChI=1S/C12H24N4O/c1-15-12(4-7-14-15)5-9-16(8-3-6-13)10-11-17-2/h4,7H,3,5-6,8-11,13H2,1-2H3. The minimum absolute atomic E-state index is 0.745. The lowest BCUT2D eigenvalue weighted by Crippen LogP contribution is -2.32. The van der Waals surface area contributed by atoms with E-state index in [2.05, 4.69) is 16.1 Å². The van der Waals surface area contributed by atoms with Crippen LogP contribution in [0.15, 0.2) is 12.3 Å². The second kappa shape index (κ2) is 8.22. The van der Waals surface area contributed by atoms with Crippen molar-refractivity contribution in [3.8, 4) is 0 Å². The molecule has 0 saturated carbocycles. The number of rotatable bonds is 9. The molecule has 0 bridgehead atoms. The molecular formula is C12H24N4O. The van der Waals surface area contributed by atoms with Crippen molar-refractivity contribution in [2.45, 2.75) is 12.8 Å². The molecule has 0 fully saturated rings. The largest absolute Gasteiger partial charge is 0.383 e. The van der Waals surface area contributed by atoms with Crippen LogP contribution in [-0.4, -0.2) is 54.6 Å². The Bertz CT molecular complexity index is 292. The molecule has 2 N–H and O–H groups in total. The molecule has 0 aliphatic rings. The zero-order valence-corrected chi connectivity index (χ0v) is 10.9. The van der Waals surface area contributed by atoms with Gasteiger partial charge in [-0.2, -0.15) is 5.10 Å². The van der Waals surface area contributed by atoms with E-state index in [0.717, 1.165) is 45.6 Å². The summed E-state index contributed by atoms with van der Waals surface area (Å²) in [6.07, 6.45) is 3.90. The minimum atomic E-state index is 0.745. The second-order valence-corrected chi connectivity index (χ2v) is 4.17. The zero-order valence-electron chi connectivity index (χ0n) is 10.9. The number of nitrogens with zero attached hydrogens (tertiary/aromatic N) is 3. The summed E-state index contributed by atoms with van der Waals surface area (Å²) >= 11 is 0. The topological polar surface area (TPSA) is 56.3 Å². The molecule has 5 nitrogen and oxygen atoms in total. The van der Waals surface area contributed by atoms with Crippen molar-refractivity contribution in [1.82, 2.24) is 14.7 Å². The number of hydrogen-bond acceptors (Lipinski definition) is 4. The summed E-state index contributed by atoms with van der Waals surface area (Å²) in [7, 11) is 3.72. The number of methoxy groups -OCH3 is 1. The van der Waals surface area contributed by atoms with Gasteiger partial charge in [0, 0.05) is 45.6 Å². The van der Waals surface area contributed by atoms with Crippen molar-refractivity contribution >= 4 is 0 Å². The van der Waals surface area contributed by atoms with Crippen LogP contribution in [0.1, 0.15) is 12.1 Å². The van der Waals surface area contributed by atoms with E-state index in [9.17, 15) is 0 Å². The van der Waals surface area contributed by atoms with Crippen molar-refractivity contribution in [2.24, 2.45) is 12.8 Å². The van der Waals surface area contributed by atoms with Gasteiger partial charge in [0.25, 0.3) is 0 Å². The molecular weight excluding hydrogens is 216 g/mol. The predicted octanol–water partition coefficient (Wildman–Crippen LogP) is 0.260. The maximum absolute atomic E-state index is 5.55. The third kappa shape index (κ3) is 5.30. The molecule has 1 aromatic heterocycles. The highest BCUT2D eigenvalue weighted by Crippen LogP contribution is 2.00. The van der Waals surface area contributed by atoms with E-state index in [1.54, 1.807) is 7.11 Å². The Hall–Kier alpha value is -0.910. The van der Waals surface area contributed by atoms with Gasteiger partial charge in [-0.25, -0.2) is 0 Å². The molecule has 0 unspecified atom stereocenters. The van der Waals surface area contributed by atoms with E-state index >= 15 is 0 Å². The van der Waals surface area contributed by atoms with Crippen LogP contribution < -0.4 is 5.73 Å². The summed E-state index contributed by atoms with van der Waals surface area (Å²) in [6.45, 7) is 4.56. The fourth-order valence-corrected chi connectivity index (χ4v) is 1.79. The first-order valence-electron chi connectivity index (χ1n) is 6.16. The van der Waals surface area contributed by atoms with E-state index in [1.165, 1.54) is 5.69 Å². The average molecular weight is 240 g/mol. The third-order valence-corrected chi connectivity index (χ3v) is 2.90. The van der Waals surface area contributed by atoms with E-state index in [0.29, 0.717) is 0 Å². The van der Waals surface area contributed by atoms with E-state index in [1.807, 2.05) is 17.9 Å². The van der Waals surface area contributed by atoms with Crippen LogP contribution >= 0.6 is 0 Å². The van der Waals surface area contributed by atoms with Gasteiger partial charge in [0.1, 0.15) is 0 Å². The fraction of sp³-hybridized carbons (Fsp3) is 0.750. The second-order valence-electron chi connectivity index (χ2n) is 4.17. The third-order valence-electron chi connectivity index (χ3n) is 2.90. The quantitative estimate of drug-likeness (QED) is 0.673. The van der Waals surface area contributed by atoms with E-state index in [-0.39, 0.29) is 0 Å². The number of nitrogens with two attached hydrogens (primary N) is 1. The lowest BCUT2D eigenvalue weighted by atomic mass is 10.2. The Morgan fingerprint density at radius 1 is 1.41 bits per heavy atom. The zero-order chi connectivity index (χ0) is 12.5. The number of aryl methyl sites for hydroxylation is 1. The Kier molecular flexibility index (Phi) is 6.84. The molecule has 0 amide bonds. The Labute approximate surface area is 104 Å². The summed E-state index contributed by atoms with van der Waals surface area (Å²) in [5.74, 6) is 0. The normalized spacial score (nSPS) is 11.3. The smallest absolute Gasteiger partial charge is 0.0589 e. The molecule has 0 atom stereocenters. The maximum Gasteiger partial charge on any atom is 0.0589 e. The van der Waals surface area contributed by atoms with Gasteiger partial charge < -0.3 is 15.4 Å². The summed E-state index contributed by atoms with van der Waals surface area (Å²) in [6, 6.07) is 2.07. The predicted molar refractivity (Wildman–Crippen MR) is 68.9 cm³/mol. The minimum Gasteiger partial charge on any atom is -0.383 e. The highest BCUT2D eigenvalue weighted by atomic mass is 16.5. The number of aromatic nitrogens is 2. The van der Waals surface area contributed by atoms with Gasteiger partial charge in [-0.1, -0.05) is 0 Å². The molecule has 1 rings (SSSR count). The highest BCUT2D eigenvalue weighted by Gasteiger charge is 2.06. The summed E-state index contributed by atoms with van der Waals surface area (Å²) in [5.41, 5.74) is 6.81. The Morgan fingerprint density at radius 3 is 2.82 bits per heavy atom. The first-order chi connectivity index (χ1) is 8.27. The fourth-order valence-electron chi connectivity index (χ4n) is 1.79. The molecule has 0 spiro atoms. The molecule has 1 heterocycles. The maximum atomic E-state index is 5.55. The van der Waals surface area contributed by atoms with Crippen LogP contribution in [0, 0.1) is 0 Å². The molecule has 17 heavy (non-hydrogen) atoms. The lowest BCUT2D eigenvalue weighted by molar-refractivity contribution is 0.147. The van der Waals surface area contributed by atoms with Gasteiger partial charge in [0.2, 0.25) is 0 Å². The van der Waals surface area contributed by atoms with Crippen LogP contribution in [-0.2, 0) is 18.2 Å². The van der Waals surface area contributed by atoms with Gasteiger partial charge in [0.05, 0.1) is 6.61 Å². The highest BCUT2D eigenvalue weighted by molar-refractivity contribution is 5.00. The van der Waals surface area contributed by atoms with Crippen molar-refractivity contribution in [2.75, 3.05) is 39.9 Å². The van der Waals surface area contributed by atoms with E-state index in [4.69, 9.17) is 10.5 Å². The van der Waals surface area contributed by atoms with E-state index < -0.39 is 0 Å². The van der Waals surface area contributed by atoms with Crippen LogP contribution in [0.4, 0.5) is 0 Å². The summed E-state index contributed by atoms with van der Waals surface area (Å²) in [4.78, 5) is 2.39. The number of hydrogen-bond donors (Lipinski definition) is 1. The molecule has 0 radical (unpaired) electrons. The molecule has 98 valence electrons. The number of ether oxygens (including phenoxy) is 1. The van der Waals surface area contributed by atoms with Crippen LogP contribution in [0.5, 0.6) is 0 Å². The van der Waals surface area contributed by atoms with Crippen molar-refractivity contribution in [3.05, 3.63) is 18.0 Å². The van der Waals surface area contributed by atoms with Crippen molar-refractivity contribution in [3.63, 3.8) is 0 Å². The Balaban J connectivity index is 2.34. The van der Waals surface area contributed by atoms with Gasteiger partial charge >= 0.3 is 0 Å². The van der Waals surface area contributed by atoms with Crippen LogP contribution in [0.3, 0.4) is 0 Å². The van der Waals surface area contributed by atoms with Crippen LogP contribution in [0.25, 0.3) is 0 Å². The Morgan fingerprint density at radius 2 is 2.24 bits per heavy atom. The van der Waals surface area contributed by atoms with Gasteiger partial charge in [-0.05, 0) is 25.6 Å². The van der Waals surface area contributed by atoms with Gasteiger partial charge in [-0.3, -0.25) is 4.68 Å². The van der Waals surface area contributed by atoms with Gasteiger partial charge in [0.15, 0.2) is 0 Å². The average Bonchev–Trinajstić information content (AvgIpc) is 2.74. The molecule has 0 aromatic carbocycles. The monoisotopic (exact) mass is 240 g/mol. The van der Waals surface area contributed by atoms with Crippen molar-refractivity contribution < 1.29 is 4.74 Å². The van der Waals surface area contributed by atoms with Gasteiger partial charge in [-0.15, -0.1) is 0 Å². The summed E-state index contributed by atoms with van der Waals surface area (Å²) < 4.78 is 7.05. The molecule has 0 aliphatic carbocycles. The lowest BCUT2D eigenvalue weighted by Gasteiger charge is -2.21. The molecule has 5 heteroatoms.